The summed E-state index contributed by atoms with van der Waals surface area (Å²) in [5.41, 5.74) is 2.43. The molecule has 23 heavy (non-hydrogen) atoms. The quantitative estimate of drug-likeness (QED) is 0.771. The van der Waals surface area contributed by atoms with Crippen molar-refractivity contribution in [3.63, 3.8) is 0 Å². The Kier molecular flexibility index (Phi) is 6.17. The summed E-state index contributed by atoms with van der Waals surface area (Å²) in [5, 5.41) is 6.04. The lowest BCUT2D eigenvalue weighted by molar-refractivity contribution is -0.121. The average molecular weight is 312 g/mol. The number of ether oxygens (including phenoxy) is 1. The number of amides is 1. The van der Waals surface area contributed by atoms with Gasteiger partial charge in [0.15, 0.2) is 0 Å². The van der Waals surface area contributed by atoms with E-state index in [1.165, 1.54) is 7.11 Å². The van der Waals surface area contributed by atoms with Crippen LogP contribution in [0.5, 0.6) is 0 Å². The van der Waals surface area contributed by atoms with E-state index in [1.807, 2.05) is 30.3 Å². The van der Waals surface area contributed by atoms with E-state index in [2.05, 4.69) is 15.4 Å². The highest BCUT2D eigenvalue weighted by Crippen LogP contribution is 2.06. The molecule has 0 saturated carbocycles. The number of methoxy groups -OCH3 is 1. The van der Waals surface area contributed by atoms with E-state index in [4.69, 9.17) is 0 Å². The number of esters is 1. The highest BCUT2D eigenvalue weighted by molar-refractivity contribution is 5.89. The summed E-state index contributed by atoms with van der Waals surface area (Å²) in [6.45, 7) is 1.02. The molecular formula is C18H20N2O3. The normalized spacial score (nSPS) is 9.96. The predicted molar refractivity (Wildman–Crippen MR) is 89.2 cm³/mol. The zero-order valence-electron chi connectivity index (χ0n) is 13.0. The molecule has 5 heteroatoms. The van der Waals surface area contributed by atoms with E-state index >= 15 is 0 Å². The molecule has 0 aromatic heterocycles. The molecule has 0 aliphatic rings. The number of carbonyl (C=O) groups is 2. The minimum Gasteiger partial charge on any atom is -0.465 e. The van der Waals surface area contributed by atoms with Crippen LogP contribution < -0.4 is 10.6 Å². The monoisotopic (exact) mass is 312 g/mol. The van der Waals surface area contributed by atoms with Crippen LogP contribution >= 0.6 is 0 Å². The summed E-state index contributed by atoms with van der Waals surface area (Å²) in [4.78, 5) is 23.1. The maximum Gasteiger partial charge on any atom is 0.337 e. The van der Waals surface area contributed by atoms with Crippen molar-refractivity contribution in [3.05, 3.63) is 65.7 Å². The first-order valence-corrected chi connectivity index (χ1v) is 7.42. The third-order valence-corrected chi connectivity index (χ3v) is 3.32. The Morgan fingerprint density at radius 3 is 2.35 bits per heavy atom. The van der Waals surface area contributed by atoms with Crippen LogP contribution in [0.2, 0.25) is 0 Å². The summed E-state index contributed by atoms with van der Waals surface area (Å²) >= 11 is 0. The second kappa shape index (κ2) is 8.58. The van der Waals surface area contributed by atoms with Crippen LogP contribution in [-0.2, 0) is 16.1 Å². The van der Waals surface area contributed by atoms with Crippen LogP contribution in [0.3, 0.4) is 0 Å². The van der Waals surface area contributed by atoms with Gasteiger partial charge in [-0.25, -0.2) is 4.79 Å². The summed E-state index contributed by atoms with van der Waals surface area (Å²) in [7, 11) is 1.35. The summed E-state index contributed by atoms with van der Waals surface area (Å²) in [6, 6.07) is 16.7. The zero-order chi connectivity index (χ0) is 16.5. The fourth-order valence-electron chi connectivity index (χ4n) is 2.04. The van der Waals surface area contributed by atoms with Crippen LogP contribution in [0.15, 0.2) is 54.6 Å². The maximum atomic E-state index is 11.8. The molecule has 2 rings (SSSR count). The second-order valence-corrected chi connectivity index (χ2v) is 5.01. The first-order valence-electron chi connectivity index (χ1n) is 7.42. The van der Waals surface area contributed by atoms with Crippen molar-refractivity contribution in [2.24, 2.45) is 0 Å². The lowest BCUT2D eigenvalue weighted by atomic mass is 10.1. The molecule has 0 spiro atoms. The molecule has 0 aliphatic heterocycles. The molecule has 1 amide bonds. The van der Waals surface area contributed by atoms with Crippen molar-refractivity contribution < 1.29 is 14.3 Å². The molecule has 120 valence electrons. The number of benzene rings is 2. The van der Waals surface area contributed by atoms with Crippen molar-refractivity contribution in [1.29, 1.82) is 0 Å². The standard InChI is InChI=1S/C18H20N2O3/c1-23-18(22)15-9-7-14(8-10-15)13-20-17(21)11-12-19-16-5-3-2-4-6-16/h2-10,19H,11-13H2,1H3,(H,20,21). The Balaban J connectivity index is 1.70. The number of hydrogen-bond acceptors (Lipinski definition) is 4. The molecule has 0 fully saturated rings. The summed E-state index contributed by atoms with van der Waals surface area (Å²) in [6.07, 6.45) is 0.398. The van der Waals surface area contributed by atoms with Gasteiger partial charge in [-0.05, 0) is 29.8 Å². The van der Waals surface area contributed by atoms with Gasteiger partial charge in [-0.15, -0.1) is 0 Å². The molecule has 0 heterocycles. The Bertz CT molecular complexity index is 639. The SMILES string of the molecule is COC(=O)c1ccc(CNC(=O)CCNc2ccccc2)cc1. The van der Waals surface area contributed by atoms with E-state index < -0.39 is 0 Å². The highest BCUT2D eigenvalue weighted by atomic mass is 16.5. The molecule has 0 bridgehead atoms. The maximum absolute atomic E-state index is 11.8. The van der Waals surface area contributed by atoms with Crippen molar-refractivity contribution >= 4 is 17.6 Å². The van der Waals surface area contributed by atoms with Gasteiger partial charge in [-0.3, -0.25) is 4.79 Å². The lowest BCUT2D eigenvalue weighted by Gasteiger charge is -2.08. The number of rotatable bonds is 7. The third-order valence-electron chi connectivity index (χ3n) is 3.32. The molecule has 5 nitrogen and oxygen atoms in total. The molecule has 0 aliphatic carbocycles. The molecule has 2 aromatic rings. The summed E-state index contributed by atoms with van der Waals surface area (Å²) in [5.74, 6) is -0.391. The lowest BCUT2D eigenvalue weighted by Crippen LogP contribution is -2.24. The van der Waals surface area contributed by atoms with Gasteiger partial charge in [0.25, 0.3) is 0 Å². The molecule has 2 N–H and O–H groups in total. The van der Waals surface area contributed by atoms with Crippen LogP contribution in [0.1, 0.15) is 22.3 Å². The average Bonchev–Trinajstić information content (AvgIpc) is 2.60. The smallest absolute Gasteiger partial charge is 0.337 e. The number of carbonyl (C=O) groups excluding carboxylic acids is 2. The molecule has 0 atom stereocenters. The topological polar surface area (TPSA) is 67.4 Å². The van der Waals surface area contributed by atoms with Gasteiger partial charge in [-0.1, -0.05) is 30.3 Å². The fourth-order valence-corrected chi connectivity index (χ4v) is 2.04. The Labute approximate surface area is 135 Å². The van der Waals surface area contributed by atoms with E-state index in [-0.39, 0.29) is 11.9 Å². The van der Waals surface area contributed by atoms with Crippen LogP contribution in [0.25, 0.3) is 0 Å². The number of hydrogen-bond donors (Lipinski definition) is 2. The molecule has 2 aromatic carbocycles. The van der Waals surface area contributed by atoms with Gasteiger partial charge in [0.2, 0.25) is 5.91 Å². The van der Waals surface area contributed by atoms with Gasteiger partial charge in [0.05, 0.1) is 12.7 Å². The minimum absolute atomic E-state index is 0.0227. The van der Waals surface area contributed by atoms with Crippen molar-refractivity contribution in [3.8, 4) is 0 Å². The molecular weight excluding hydrogens is 292 g/mol. The first-order chi connectivity index (χ1) is 11.2. The van der Waals surface area contributed by atoms with E-state index in [0.29, 0.717) is 25.1 Å². The predicted octanol–water partition coefficient (Wildman–Crippen LogP) is 2.59. The number of anilines is 1. The van der Waals surface area contributed by atoms with E-state index in [0.717, 1.165) is 11.3 Å². The Morgan fingerprint density at radius 2 is 1.70 bits per heavy atom. The van der Waals surface area contributed by atoms with Crippen molar-refractivity contribution in [2.75, 3.05) is 19.0 Å². The zero-order valence-corrected chi connectivity index (χ0v) is 13.0. The van der Waals surface area contributed by atoms with Gasteiger partial charge >= 0.3 is 5.97 Å². The second-order valence-electron chi connectivity index (χ2n) is 5.01. The Hall–Kier alpha value is -2.82. The summed E-state index contributed by atoms with van der Waals surface area (Å²) < 4.78 is 4.64. The fraction of sp³-hybridized carbons (Fsp3) is 0.222. The largest absolute Gasteiger partial charge is 0.465 e. The number of nitrogens with one attached hydrogen (secondary N) is 2. The van der Waals surface area contributed by atoms with E-state index in [1.54, 1.807) is 24.3 Å². The first kappa shape index (κ1) is 16.5. The highest BCUT2D eigenvalue weighted by Gasteiger charge is 2.05. The number of para-hydroxylation sites is 1. The van der Waals surface area contributed by atoms with Crippen molar-refractivity contribution in [1.82, 2.24) is 5.32 Å². The van der Waals surface area contributed by atoms with Gasteiger partial charge in [0.1, 0.15) is 0 Å². The van der Waals surface area contributed by atoms with Crippen LogP contribution in [-0.4, -0.2) is 25.5 Å². The van der Waals surface area contributed by atoms with Crippen LogP contribution in [0.4, 0.5) is 5.69 Å². The Morgan fingerprint density at radius 1 is 1.00 bits per heavy atom. The molecule has 0 unspecified atom stereocenters. The van der Waals surface area contributed by atoms with Gasteiger partial charge < -0.3 is 15.4 Å². The van der Waals surface area contributed by atoms with Gasteiger partial charge in [-0.2, -0.15) is 0 Å². The van der Waals surface area contributed by atoms with E-state index in [9.17, 15) is 9.59 Å². The van der Waals surface area contributed by atoms with Crippen LogP contribution in [0, 0.1) is 0 Å². The van der Waals surface area contributed by atoms with Crippen molar-refractivity contribution in [2.45, 2.75) is 13.0 Å². The third kappa shape index (κ3) is 5.47. The minimum atomic E-state index is -0.368. The van der Waals surface area contributed by atoms with Gasteiger partial charge in [0, 0.05) is 25.2 Å². The molecule has 0 radical (unpaired) electrons. The molecule has 0 saturated heterocycles.